The van der Waals surface area contributed by atoms with Crippen LogP contribution in [0.4, 0.5) is 0 Å². The maximum Gasteiger partial charge on any atom is 0.0963 e. The first kappa shape index (κ1) is 13.9. The maximum absolute atomic E-state index is 10.4. The second-order valence-electron chi connectivity index (χ2n) is 5.87. The molecule has 0 bridgehead atoms. The summed E-state index contributed by atoms with van der Waals surface area (Å²) in [7, 11) is 0. The lowest BCUT2D eigenvalue weighted by Crippen LogP contribution is -2.07. The highest BCUT2D eigenvalue weighted by Gasteiger charge is 2.27. The van der Waals surface area contributed by atoms with E-state index >= 15 is 0 Å². The summed E-state index contributed by atoms with van der Waals surface area (Å²) in [5, 5.41) is 10.4. The highest BCUT2D eigenvalue weighted by Crippen LogP contribution is 2.38. The van der Waals surface area contributed by atoms with Crippen molar-refractivity contribution in [2.45, 2.75) is 83.7 Å². The third kappa shape index (κ3) is 3.47. The van der Waals surface area contributed by atoms with Crippen molar-refractivity contribution in [2.24, 2.45) is 0 Å². The van der Waals surface area contributed by atoms with Crippen molar-refractivity contribution in [3.8, 4) is 0 Å². The lowest BCUT2D eigenvalue weighted by molar-refractivity contribution is 0.253. The third-order valence-corrected chi connectivity index (χ3v) is 4.49. The molecular weight excluding hydrogens is 220 g/mol. The minimum atomic E-state index is -0.218. The SMILES string of the molecule is CCCCCC/C=C1/CCC(=C2CCCC2)C1O. The molecule has 18 heavy (non-hydrogen) atoms. The Balaban J connectivity index is 1.84. The zero-order chi connectivity index (χ0) is 12.8. The highest BCUT2D eigenvalue weighted by molar-refractivity contribution is 5.35. The van der Waals surface area contributed by atoms with Crippen molar-refractivity contribution in [1.29, 1.82) is 0 Å². The molecular formula is C17H28O. The van der Waals surface area contributed by atoms with Gasteiger partial charge < -0.3 is 5.11 Å². The molecule has 102 valence electrons. The molecule has 1 heteroatoms. The first-order valence-electron chi connectivity index (χ1n) is 7.90. The summed E-state index contributed by atoms with van der Waals surface area (Å²) in [4.78, 5) is 0. The van der Waals surface area contributed by atoms with Gasteiger partial charge in [0.15, 0.2) is 0 Å². The van der Waals surface area contributed by atoms with Gasteiger partial charge in [0.25, 0.3) is 0 Å². The molecule has 0 amide bonds. The van der Waals surface area contributed by atoms with Gasteiger partial charge in [-0.3, -0.25) is 0 Å². The molecule has 2 rings (SSSR count). The number of rotatable bonds is 5. The van der Waals surface area contributed by atoms with E-state index in [9.17, 15) is 5.11 Å². The average Bonchev–Trinajstić information content (AvgIpc) is 2.99. The van der Waals surface area contributed by atoms with E-state index in [1.54, 1.807) is 5.57 Å². The maximum atomic E-state index is 10.4. The van der Waals surface area contributed by atoms with Crippen molar-refractivity contribution in [2.75, 3.05) is 0 Å². The normalized spacial score (nSPS) is 26.6. The van der Waals surface area contributed by atoms with Gasteiger partial charge in [-0.1, -0.05) is 37.8 Å². The molecule has 2 aliphatic carbocycles. The van der Waals surface area contributed by atoms with E-state index in [-0.39, 0.29) is 6.10 Å². The minimum absolute atomic E-state index is 0.218. The molecule has 2 aliphatic rings. The van der Waals surface area contributed by atoms with Crippen LogP contribution in [0.25, 0.3) is 0 Å². The molecule has 0 aliphatic heterocycles. The Kier molecular flexibility index (Phi) is 5.49. The summed E-state index contributed by atoms with van der Waals surface area (Å²) in [5.74, 6) is 0. The molecule has 0 aromatic heterocycles. The van der Waals surface area contributed by atoms with Crippen LogP contribution in [0.2, 0.25) is 0 Å². The fourth-order valence-electron chi connectivity index (χ4n) is 3.34. The van der Waals surface area contributed by atoms with Crippen molar-refractivity contribution < 1.29 is 5.11 Å². The van der Waals surface area contributed by atoms with E-state index in [1.165, 1.54) is 62.5 Å². The van der Waals surface area contributed by atoms with Crippen molar-refractivity contribution in [3.63, 3.8) is 0 Å². The third-order valence-electron chi connectivity index (χ3n) is 4.49. The van der Waals surface area contributed by atoms with Crippen LogP contribution in [0.3, 0.4) is 0 Å². The molecule has 1 unspecified atom stereocenters. The van der Waals surface area contributed by atoms with Crippen LogP contribution in [0.15, 0.2) is 22.8 Å². The average molecular weight is 248 g/mol. The van der Waals surface area contributed by atoms with E-state index < -0.39 is 0 Å². The van der Waals surface area contributed by atoms with Crippen LogP contribution >= 0.6 is 0 Å². The Morgan fingerprint density at radius 3 is 2.56 bits per heavy atom. The number of allylic oxidation sites excluding steroid dienone is 2. The lowest BCUT2D eigenvalue weighted by Gasteiger charge is -2.10. The monoisotopic (exact) mass is 248 g/mol. The standard InChI is InChI=1S/C17H28O/c1-2-3-4-5-6-11-15-12-13-16(17(15)18)14-9-7-8-10-14/h11,17-18H,2-10,12-13H2,1H3/b15-11-. The molecule has 0 saturated heterocycles. The van der Waals surface area contributed by atoms with Crippen LogP contribution in [-0.2, 0) is 0 Å². The summed E-state index contributed by atoms with van der Waals surface area (Å²) >= 11 is 0. The van der Waals surface area contributed by atoms with Gasteiger partial charge in [0.1, 0.15) is 0 Å². The van der Waals surface area contributed by atoms with Crippen LogP contribution in [-0.4, -0.2) is 11.2 Å². The topological polar surface area (TPSA) is 20.2 Å². The molecule has 1 atom stereocenters. The van der Waals surface area contributed by atoms with Crippen LogP contribution in [0.1, 0.15) is 77.6 Å². The van der Waals surface area contributed by atoms with Crippen molar-refractivity contribution in [3.05, 3.63) is 22.8 Å². The fourth-order valence-corrected chi connectivity index (χ4v) is 3.34. The molecule has 0 aromatic rings. The molecule has 2 fully saturated rings. The largest absolute Gasteiger partial charge is 0.384 e. The molecule has 1 N–H and O–H groups in total. The van der Waals surface area contributed by atoms with Gasteiger partial charge in [0.2, 0.25) is 0 Å². The van der Waals surface area contributed by atoms with Gasteiger partial charge in [-0.2, -0.15) is 0 Å². The lowest BCUT2D eigenvalue weighted by atomic mass is 10.0. The second-order valence-corrected chi connectivity index (χ2v) is 5.87. The summed E-state index contributed by atoms with van der Waals surface area (Å²) < 4.78 is 0. The van der Waals surface area contributed by atoms with Gasteiger partial charge in [-0.05, 0) is 62.5 Å². The van der Waals surface area contributed by atoms with E-state index in [2.05, 4.69) is 13.0 Å². The van der Waals surface area contributed by atoms with Crippen LogP contribution < -0.4 is 0 Å². The fraction of sp³-hybridized carbons (Fsp3) is 0.765. The number of aliphatic hydroxyl groups is 1. The summed E-state index contributed by atoms with van der Waals surface area (Å²) in [6.07, 6.45) is 15.9. The summed E-state index contributed by atoms with van der Waals surface area (Å²) in [6.45, 7) is 2.25. The Hall–Kier alpha value is -0.560. The van der Waals surface area contributed by atoms with Gasteiger partial charge in [0, 0.05) is 0 Å². The number of hydrogen-bond acceptors (Lipinski definition) is 1. The summed E-state index contributed by atoms with van der Waals surface area (Å²) in [6, 6.07) is 0. The zero-order valence-corrected chi connectivity index (χ0v) is 11.9. The smallest absolute Gasteiger partial charge is 0.0963 e. The predicted octanol–water partition coefficient (Wildman–Crippen LogP) is 4.91. The Morgan fingerprint density at radius 1 is 1.06 bits per heavy atom. The van der Waals surface area contributed by atoms with Gasteiger partial charge in [0.05, 0.1) is 6.10 Å². The van der Waals surface area contributed by atoms with E-state index in [1.807, 2.05) is 0 Å². The van der Waals surface area contributed by atoms with Gasteiger partial charge in [-0.25, -0.2) is 0 Å². The molecule has 0 aromatic carbocycles. The van der Waals surface area contributed by atoms with Crippen molar-refractivity contribution >= 4 is 0 Å². The Labute approximate surface area is 112 Å². The summed E-state index contributed by atoms with van der Waals surface area (Å²) in [5.41, 5.74) is 4.27. The van der Waals surface area contributed by atoms with Crippen LogP contribution in [0.5, 0.6) is 0 Å². The zero-order valence-electron chi connectivity index (χ0n) is 11.9. The molecule has 0 heterocycles. The molecule has 0 radical (unpaired) electrons. The Bertz CT molecular complexity index is 317. The highest BCUT2D eigenvalue weighted by atomic mass is 16.3. The first-order valence-corrected chi connectivity index (χ1v) is 7.90. The van der Waals surface area contributed by atoms with Crippen LogP contribution in [0, 0.1) is 0 Å². The quantitative estimate of drug-likeness (QED) is 0.541. The van der Waals surface area contributed by atoms with E-state index in [0.717, 1.165) is 19.3 Å². The minimum Gasteiger partial charge on any atom is -0.384 e. The Morgan fingerprint density at radius 2 is 1.83 bits per heavy atom. The molecule has 0 spiro atoms. The van der Waals surface area contributed by atoms with E-state index in [4.69, 9.17) is 0 Å². The van der Waals surface area contributed by atoms with Gasteiger partial charge in [-0.15, -0.1) is 0 Å². The molecule has 1 nitrogen and oxygen atoms in total. The number of unbranched alkanes of at least 4 members (excludes halogenated alkanes) is 4. The number of aliphatic hydroxyl groups excluding tert-OH is 1. The van der Waals surface area contributed by atoms with E-state index in [0.29, 0.717) is 0 Å². The molecule has 2 saturated carbocycles. The second kappa shape index (κ2) is 7.13. The van der Waals surface area contributed by atoms with Gasteiger partial charge >= 0.3 is 0 Å². The van der Waals surface area contributed by atoms with Crippen molar-refractivity contribution in [1.82, 2.24) is 0 Å². The first-order chi connectivity index (χ1) is 8.83. The predicted molar refractivity (Wildman–Crippen MR) is 77.6 cm³/mol. The number of hydrogen-bond donors (Lipinski definition) is 1.